The molecule has 46 heavy (non-hydrogen) atoms. The summed E-state index contributed by atoms with van der Waals surface area (Å²) in [5, 5.41) is 50.0. The molecule has 13 nitrogen and oxygen atoms in total. The number of phenolic OH excluding ortho intramolecular Hbond substituents is 4. The second kappa shape index (κ2) is 12.0. The van der Waals surface area contributed by atoms with Crippen LogP contribution in [-0.4, -0.2) is 74.8 Å². The number of carbonyl (C=O) groups excluding carboxylic acids is 4. The zero-order valence-corrected chi connectivity index (χ0v) is 24.8. The summed E-state index contributed by atoms with van der Waals surface area (Å²) >= 11 is 0. The normalized spacial score (nSPS) is 28.3. The van der Waals surface area contributed by atoms with Crippen molar-refractivity contribution < 1.29 is 63.7 Å². The van der Waals surface area contributed by atoms with Crippen LogP contribution in [0.4, 0.5) is 0 Å². The topological polar surface area (TPSA) is 214 Å². The lowest BCUT2D eigenvalue weighted by molar-refractivity contribution is -0.185. The third-order valence-electron chi connectivity index (χ3n) is 9.60. The molecule has 5 N–H and O–H groups in total. The smallest absolute Gasteiger partial charge is 0.331 e. The van der Waals surface area contributed by atoms with Gasteiger partial charge in [0, 0.05) is 37.0 Å². The van der Waals surface area contributed by atoms with Crippen molar-refractivity contribution >= 4 is 29.8 Å². The number of hydrogen-bond acceptors (Lipinski definition) is 12. The maximum Gasteiger partial charge on any atom is 0.331 e. The molecular formula is C33H32O13. The molecule has 6 atom stereocenters. The minimum Gasteiger partial charge on any atom is -0.508 e. The number of methoxy groups -OCH3 is 1. The predicted octanol–water partition coefficient (Wildman–Crippen LogP) is 3.40. The lowest BCUT2D eigenvalue weighted by Gasteiger charge is -2.41. The van der Waals surface area contributed by atoms with Gasteiger partial charge in [0.25, 0.3) is 0 Å². The van der Waals surface area contributed by atoms with Gasteiger partial charge in [0.15, 0.2) is 11.6 Å². The summed E-state index contributed by atoms with van der Waals surface area (Å²) in [5.74, 6) is -6.35. The van der Waals surface area contributed by atoms with E-state index in [1.54, 1.807) is 6.92 Å². The summed E-state index contributed by atoms with van der Waals surface area (Å²) in [7, 11) is 1.33. The van der Waals surface area contributed by atoms with Crippen molar-refractivity contribution in [2.75, 3.05) is 7.11 Å². The van der Waals surface area contributed by atoms with E-state index in [4.69, 9.17) is 14.2 Å². The van der Waals surface area contributed by atoms with Crippen LogP contribution in [0.25, 0.3) is 0 Å². The molecule has 0 aromatic heterocycles. The molecule has 2 aliphatic heterocycles. The Hall–Kier alpha value is -5.17. The van der Waals surface area contributed by atoms with E-state index in [0.29, 0.717) is 6.29 Å². The van der Waals surface area contributed by atoms with Crippen LogP contribution in [0.1, 0.15) is 53.3 Å². The molecule has 0 bridgehead atoms. The average molecular weight is 637 g/mol. The van der Waals surface area contributed by atoms with Crippen molar-refractivity contribution in [3.63, 3.8) is 0 Å². The van der Waals surface area contributed by atoms with Crippen LogP contribution in [0.2, 0.25) is 0 Å². The number of aromatic hydroxyl groups is 4. The number of cyclic esters (lactones) is 1. The second-order valence-electron chi connectivity index (χ2n) is 12.0. The van der Waals surface area contributed by atoms with Gasteiger partial charge >= 0.3 is 11.9 Å². The summed E-state index contributed by atoms with van der Waals surface area (Å²) in [6.45, 7) is 1.67. The fourth-order valence-corrected chi connectivity index (χ4v) is 7.21. The Balaban J connectivity index is 1.50. The molecule has 0 spiro atoms. The number of ketones is 2. The van der Waals surface area contributed by atoms with Gasteiger partial charge < -0.3 is 39.7 Å². The summed E-state index contributed by atoms with van der Waals surface area (Å²) < 4.78 is 17.2. The number of ether oxygens (including phenoxy) is 3. The van der Waals surface area contributed by atoms with Gasteiger partial charge in [0.05, 0.1) is 28.2 Å². The number of hydrogen-bond donors (Lipinski definition) is 5. The highest BCUT2D eigenvalue weighted by Gasteiger charge is 2.76. The summed E-state index contributed by atoms with van der Waals surface area (Å²) in [4.78, 5) is 64.5. The van der Waals surface area contributed by atoms with Crippen molar-refractivity contribution in [2.45, 2.75) is 45.0 Å². The van der Waals surface area contributed by atoms with E-state index in [0.717, 1.165) is 24.3 Å². The third kappa shape index (κ3) is 5.15. The van der Waals surface area contributed by atoms with Crippen LogP contribution in [-0.2, 0) is 28.6 Å². The molecule has 242 valence electrons. The molecule has 2 heterocycles. The Labute approximate surface area is 262 Å². The van der Waals surface area contributed by atoms with Gasteiger partial charge in [0.1, 0.15) is 35.4 Å². The Morgan fingerprint density at radius 3 is 2.17 bits per heavy atom. The summed E-state index contributed by atoms with van der Waals surface area (Å²) in [6, 6.07) is 6.74. The minimum atomic E-state index is -1.56. The van der Waals surface area contributed by atoms with E-state index < -0.39 is 82.9 Å². The summed E-state index contributed by atoms with van der Waals surface area (Å²) in [6.07, 6.45) is -0.158. The molecule has 0 amide bonds. The van der Waals surface area contributed by atoms with Gasteiger partial charge in [-0.15, -0.1) is 0 Å². The number of aldehydes is 1. The van der Waals surface area contributed by atoms with Gasteiger partial charge in [-0.25, -0.2) is 4.79 Å². The van der Waals surface area contributed by atoms with Gasteiger partial charge in [-0.3, -0.25) is 19.2 Å². The highest BCUT2D eigenvalue weighted by Crippen LogP contribution is 2.68. The van der Waals surface area contributed by atoms with Crippen molar-refractivity contribution in [3.8, 4) is 23.0 Å². The monoisotopic (exact) mass is 636 g/mol. The van der Waals surface area contributed by atoms with Gasteiger partial charge in [0.2, 0.25) is 6.29 Å². The number of esters is 1. The number of Topliss-reactive ketones (excluding diaryl/α,β-unsaturated/α-hetero) is 2. The van der Waals surface area contributed by atoms with Crippen LogP contribution < -0.4 is 0 Å². The number of carbonyl (C=O) groups is 5. The van der Waals surface area contributed by atoms with Crippen LogP contribution in [0.3, 0.4) is 0 Å². The SMILES string of the molecule is CO[C@@H]1OC(=O)[C@]2(CC(=O)c3cc(O)ccc3O)C[C@H]3[C@H](C/C=C(\CC(=O)c4cc(O)ccc4O)C(=O)O)C(C=O)=CO[C@H]3[C@]12C. The molecule has 2 fully saturated rings. The molecule has 3 aliphatic rings. The van der Waals surface area contributed by atoms with E-state index in [2.05, 4.69) is 0 Å². The average Bonchev–Trinajstić information content (AvgIpc) is 3.39. The highest BCUT2D eigenvalue weighted by molar-refractivity contribution is 6.05. The van der Waals surface area contributed by atoms with Crippen LogP contribution >= 0.6 is 0 Å². The molecule has 2 aromatic rings. The van der Waals surface area contributed by atoms with E-state index in [1.165, 1.54) is 31.6 Å². The molecule has 13 heteroatoms. The lowest BCUT2D eigenvalue weighted by Crippen LogP contribution is -2.50. The Morgan fingerprint density at radius 2 is 1.61 bits per heavy atom. The Kier molecular flexibility index (Phi) is 8.39. The number of phenols is 4. The van der Waals surface area contributed by atoms with Crippen LogP contribution in [0, 0.1) is 22.7 Å². The first-order valence-electron chi connectivity index (χ1n) is 14.3. The molecule has 1 saturated carbocycles. The van der Waals surface area contributed by atoms with Gasteiger partial charge in [-0.1, -0.05) is 6.08 Å². The number of aliphatic carboxylic acids is 1. The fourth-order valence-electron chi connectivity index (χ4n) is 7.21. The lowest BCUT2D eigenvalue weighted by atomic mass is 9.64. The molecular weight excluding hydrogens is 604 g/mol. The fraction of sp³-hybridized carbons (Fsp3) is 0.364. The van der Waals surface area contributed by atoms with Crippen molar-refractivity contribution in [3.05, 3.63) is 71.0 Å². The Bertz CT molecular complexity index is 1690. The van der Waals surface area contributed by atoms with Gasteiger partial charge in [-0.05, 0) is 62.1 Å². The van der Waals surface area contributed by atoms with Crippen molar-refractivity contribution in [1.29, 1.82) is 0 Å². The number of benzene rings is 2. The van der Waals surface area contributed by atoms with E-state index in [-0.39, 0.29) is 46.6 Å². The van der Waals surface area contributed by atoms with E-state index >= 15 is 0 Å². The number of carboxylic acid groups (broad SMARTS) is 1. The first-order valence-corrected chi connectivity index (χ1v) is 14.3. The molecule has 1 aliphatic carbocycles. The second-order valence-corrected chi connectivity index (χ2v) is 12.0. The molecule has 5 rings (SSSR count). The number of allylic oxidation sites excluding steroid dienone is 2. The van der Waals surface area contributed by atoms with Crippen molar-refractivity contribution in [2.24, 2.45) is 22.7 Å². The maximum atomic E-state index is 13.7. The zero-order chi connectivity index (χ0) is 33.6. The molecule has 0 radical (unpaired) electrons. The minimum absolute atomic E-state index is 0.0413. The Morgan fingerprint density at radius 1 is 1.00 bits per heavy atom. The van der Waals surface area contributed by atoms with Crippen molar-refractivity contribution in [1.82, 2.24) is 0 Å². The zero-order valence-electron chi connectivity index (χ0n) is 24.8. The highest BCUT2D eigenvalue weighted by atomic mass is 16.7. The van der Waals surface area contributed by atoms with E-state index in [9.17, 15) is 49.5 Å². The predicted molar refractivity (Wildman–Crippen MR) is 156 cm³/mol. The summed E-state index contributed by atoms with van der Waals surface area (Å²) in [5.41, 5.74) is -3.50. The largest absolute Gasteiger partial charge is 0.508 e. The standard InChI is InChI=1S/C33H32O13/c1-32-28-23(12-33(32,30(43)46-31(32)44-2)13-27(40)22-11-19(36)5-8-25(22)38)20(17(14-34)15-45-28)6-3-16(29(41)42)9-26(39)21-10-18(35)4-7-24(21)37/h3-5,7-8,10-11,14-15,20,23,28,31,35-38H,6,9,12-13H2,1-2H3,(H,41,42)/b16-3+/t20-,23+,28-,31-,32-,33-/m1/s1. The third-order valence-corrected chi connectivity index (χ3v) is 9.60. The number of carboxylic acids is 1. The first-order chi connectivity index (χ1) is 21.8. The number of rotatable bonds is 11. The quantitative estimate of drug-likeness (QED) is 0.0787. The van der Waals surface area contributed by atoms with Crippen LogP contribution in [0.15, 0.2) is 59.9 Å². The number of fused-ring (bicyclic) bond motifs is 3. The first kappa shape index (κ1) is 32.2. The van der Waals surface area contributed by atoms with Crippen LogP contribution in [0.5, 0.6) is 23.0 Å². The molecule has 1 saturated heterocycles. The van der Waals surface area contributed by atoms with E-state index in [1.807, 2.05) is 0 Å². The maximum absolute atomic E-state index is 13.7. The molecule has 0 unspecified atom stereocenters. The molecule has 2 aromatic carbocycles. The van der Waals surface area contributed by atoms with Gasteiger partial charge in [-0.2, -0.15) is 0 Å².